The molecule has 7 heteroatoms. The minimum Gasteiger partial charge on any atom is -0.463 e. The summed E-state index contributed by atoms with van der Waals surface area (Å²) < 4.78 is 5.46. The number of carbonyl (C=O) groups excluding carboxylic acids is 2. The summed E-state index contributed by atoms with van der Waals surface area (Å²) >= 11 is 1.70. The summed E-state index contributed by atoms with van der Waals surface area (Å²) in [5, 5.41) is 2.05. The van der Waals surface area contributed by atoms with Crippen molar-refractivity contribution in [3.05, 3.63) is 46.5 Å². The lowest BCUT2D eigenvalue weighted by Gasteiger charge is -2.31. The average molecular weight is 362 g/mol. The zero-order valence-electron chi connectivity index (χ0n) is 14.1. The molecule has 6 nitrogen and oxygen atoms in total. The first-order valence-corrected chi connectivity index (χ1v) is 9.45. The Morgan fingerprint density at radius 1 is 1.24 bits per heavy atom. The van der Waals surface area contributed by atoms with Crippen LogP contribution in [0.25, 0.3) is 0 Å². The van der Waals surface area contributed by atoms with E-state index >= 15 is 0 Å². The fourth-order valence-electron chi connectivity index (χ4n) is 3.25. The second-order valence-electron chi connectivity index (χ2n) is 6.50. The number of hydrogen-bond acceptors (Lipinski definition) is 4. The highest BCUT2D eigenvalue weighted by molar-refractivity contribution is 7.09. The van der Waals surface area contributed by atoms with Gasteiger partial charge in [0.2, 0.25) is 5.91 Å². The minimum atomic E-state index is -0.255. The monoisotopic (exact) mass is 362 g/mol. The standard InChI is InChI=1S/C18H23N3O3S/c19-18(23)14-5-7-21(8-6-14)17(22)13-20(11-15-3-1-9-24-15)12-16-4-2-10-25-16/h1-4,9-10,14H,5-8,11-13H2,(H2,19,23)/p+1. The Kier molecular flexibility index (Phi) is 5.88. The Labute approximate surface area is 151 Å². The van der Waals surface area contributed by atoms with Gasteiger partial charge in [0.1, 0.15) is 13.1 Å². The number of thiophene rings is 1. The first-order chi connectivity index (χ1) is 12.1. The molecule has 0 radical (unpaired) electrons. The molecule has 0 aromatic carbocycles. The molecule has 0 spiro atoms. The predicted octanol–water partition coefficient (Wildman–Crippen LogP) is 0.650. The van der Waals surface area contributed by atoms with Gasteiger partial charge in [-0.05, 0) is 36.4 Å². The molecule has 2 amide bonds. The third kappa shape index (κ3) is 4.93. The molecule has 3 heterocycles. The molecule has 1 unspecified atom stereocenters. The SMILES string of the molecule is NC(=O)C1CCN(C(=O)C[NH+](Cc2ccco2)Cc2cccs2)CC1. The third-order valence-electron chi connectivity index (χ3n) is 4.66. The summed E-state index contributed by atoms with van der Waals surface area (Å²) in [6.45, 7) is 3.11. The van der Waals surface area contributed by atoms with Crippen LogP contribution in [0.3, 0.4) is 0 Å². The van der Waals surface area contributed by atoms with E-state index in [9.17, 15) is 9.59 Å². The van der Waals surface area contributed by atoms with E-state index in [-0.39, 0.29) is 17.7 Å². The molecule has 1 aliphatic rings. The van der Waals surface area contributed by atoms with E-state index in [4.69, 9.17) is 10.2 Å². The Bertz CT molecular complexity index is 640. The van der Waals surface area contributed by atoms with E-state index in [1.165, 1.54) is 4.88 Å². The van der Waals surface area contributed by atoms with E-state index in [2.05, 4.69) is 11.4 Å². The lowest BCUT2D eigenvalue weighted by Crippen LogP contribution is -3.10. The fraction of sp³-hybridized carbons (Fsp3) is 0.444. The fourth-order valence-corrected chi connectivity index (χ4v) is 4.02. The first-order valence-electron chi connectivity index (χ1n) is 8.57. The Morgan fingerprint density at radius 3 is 2.64 bits per heavy atom. The summed E-state index contributed by atoms with van der Waals surface area (Å²) in [6.07, 6.45) is 2.99. The number of carbonyl (C=O) groups is 2. The molecule has 1 atom stereocenters. The van der Waals surface area contributed by atoms with Gasteiger partial charge in [-0.1, -0.05) is 6.07 Å². The van der Waals surface area contributed by atoms with Gasteiger partial charge in [-0.15, -0.1) is 11.3 Å². The van der Waals surface area contributed by atoms with Crippen molar-refractivity contribution in [2.45, 2.75) is 25.9 Å². The van der Waals surface area contributed by atoms with Gasteiger partial charge in [0.05, 0.1) is 11.1 Å². The number of nitrogens with one attached hydrogen (secondary N) is 1. The van der Waals surface area contributed by atoms with Gasteiger partial charge < -0.3 is 20.0 Å². The highest BCUT2D eigenvalue weighted by atomic mass is 32.1. The molecule has 0 bridgehead atoms. The van der Waals surface area contributed by atoms with Gasteiger partial charge in [-0.2, -0.15) is 0 Å². The number of nitrogens with two attached hydrogens (primary N) is 1. The van der Waals surface area contributed by atoms with Crippen LogP contribution in [0, 0.1) is 5.92 Å². The van der Waals surface area contributed by atoms with Crippen molar-refractivity contribution in [1.82, 2.24) is 4.90 Å². The van der Waals surface area contributed by atoms with Crippen LogP contribution in [0.5, 0.6) is 0 Å². The molecule has 3 N–H and O–H groups in total. The molecular weight excluding hydrogens is 338 g/mol. The van der Waals surface area contributed by atoms with Gasteiger partial charge in [-0.3, -0.25) is 9.59 Å². The summed E-state index contributed by atoms with van der Waals surface area (Å²) in [4.78, 5) is 28.2. The number of nitrogens with zero attached hydrogens (tertiary/aromatic N) is 1. The molecule has 134 valence electrons. The molecule has 0 aliphatic carbocycles. The zero-order chi connectivity index (χ0) is 17.6. The maximum atomic E-state index is 12.7. The summed E-state index contributed by atoms with van der Waals surface area (Å²) in [5.41, 5.74) is 5.37. The van der Waals surface area contributed by atoms with Crippen LogP contribution in [0.4, 0.5) is 0 Å². The van der Waals surface area contributed by atoms with Crippen molar-refractivity contribution in [1.29, 1.82) is 0 Å². The normalized spacial score (nSPS) is 16.7. The second-order valence-corrected chi connectivity index (χ2v) is 7.53. The molecule has 1 fully saturated rings. The van der Waals surface area contributed by atoms with E-state index in [0.717, 1.165) is 17.2 Å². The summed E-state index contributed by atoms with van der Waals surface area (Å²) in [5.74, 6) is 0.657. The maximum absolute atomic E-state index is 12.7. The number of amides is 2. The van der Waals surface area contributed by atoms with Gasteiger partial charge in [0, 0.05) is 19.0 Å². The number of furan rings is 1. The van der Waals surface area contributed by atoms with Crippen molar-refractivity contribution in [3.63, 3.8) is 0 Å². The van der Waals surface area contributed by atoms with Gasteiger partial charge in [-0.25, -0.2) is 0 Å². The van der Waals surface area contributed by atoms with Crippen LogP contribution in [-0.2, 0) is 22.7 Å². The Morgan fingerprint density at radius 2 is 2.04 bits per heavy atom. The van der Waals surface area contributed by atoms with Gasteiger partial charge in [0.25, 0.3) is 5.91 Å². The molecule has 3 rings (SSSR count). The molecule has 2 aromatic heterocycles. The third-order valence-corrected chi connectivity index (χ3v) is 5.54. The molecule has 1 aliphatic heterocycles. The van der Waals surface area contributed by atoms with Crippen molar-refractivity contribution >= 4 is 23.2 Å². The van der Waals surface area contributed by atoms with E-state index in [0.29, 0.717) is 39.0 Å². The highest BCUT2D eigenvalue weighted by Crippen LogP contribution is 2.16. The quantitative estimate of drug-likeness (QED) is 0.759. The van der Waals surface area contributed by atoms with Crippen molar-refractivity contribution < 1.29 is 18.9 Å². The van der Waals surface area contributed by atoms with Gasteiger partial charge in [0.15, 0.2) is 12.3 Å². The first kappa shape index (κ1) is 17.7. The summed E-state index contributed by atoms with van der Waals surface area (Å²) in [7, 11) is 0. The van der Waals surface area contributed by atoms with E-state index in [1.54, 1.807) is 17.6 Å². The lowest BCUT2D eigenvalue weighted by molar-refractivity contribution is -0.920. The van der Waals surface area contributed by atoms with Crippen molar-refractivity contribution in [2.24, 2.45) is 11.7 Å². The highest BCUT2D eigenvalue weighted by Gasteiger charge is 2.28. The molecule has 0 saturated carbocycles. The van der Waals surface area contributed by atoms with Crippen molar-refractivity contribution in [2.75, 3.05) is 19.6 Å². The van der Waals surface area contributed by atoms with Crippen molar-refractivity contribution in [3.8, 4) is 0 Å². The predicted molar refractivity (Wildman–Crippen MR) is 94.8 cm³/mol. The molecule has 1 saturated heterocycles. The van der Waals surface area contributed by atoms with E-state index < -0.39 is 0 Å². The number of rotatable bonds is 7. The van der Waals surface area contributed by atoms with Gasteiger partial charge >= 0.3 is 0 Å². The zero-order valence-corrected chi connectivity index (χ0v) is 15.0. The van der Waals surface area contributed by atoms with Crippen LogP contribution in [0.1, 0.15) is 23.5 Å². The maximum Gasteiger partial charge on any atom is 0.277 e. The number of primary amides is 1. The van der Waals surface area contributed by atoms with Crippen LogP contribution in [0.15, 0.2) is 40.3 Å². The Balaban J connectivity index is 1.59. The number of likely N-dealkylation sites (tertiary alicyclic amines) is 1. The smallest absolute Gasteiger partial charge is 0.277 e. The van der Waals surface area contributed by atoms with Crippen LogP contribution in [0.2, 0.25) is 0 Å². The largest absolute Gasteiger partial charge is 0.463 e. The van der Waals surface area contributed by atoms with Crippen LogP contribution >= 0.6 is 11.3 Å². The molecule has 25 heavy (non-hydrogen) atoms. The number of quaternary nitrogens is 1. The number of piperidine rings is 1. The van der Waals surface area contributed by atoms with Crippen LogP contribution < -0.4 is 10.6 Å². The minimum absolute atomic E-state index is 0.0956. The van der Waals surface area contributed by atoms with E-state index in [1.807, 2.05) is 23.1 Å². The lowest BCUT2D eigenvalue weighted by atomic mass is 9.96. The Hall–Kier alpha value is -2.12. The second kappa shape index (κ2) is 8.31. The topological polar surface area (TPSA) is 81.0 Å². The molecular formula is C18H24N3O3S+. The van der Waals surface area contributed by atoms with Crippen LogP contribution in [-0.4, -0.2) is 36.3 Å². The number of hydrogen-bond donors (Lipinski definition) is 2. The summed E-state index contributed by atoms with van der Waals surface area (Å²) in [6, 6.07) is 7.93. The molecule has 2 aromatic rings. The average Bonchev–Trinajstić information content (AvgIpc) is 3.29.